The van der Waals surface area contributed by atoms with Crippen molar-refractivity contribution >= 4 is 0 Å². The monoisotopic (exact) mass is 176 g/mol. The zero-order valence-electron chi connectivity index (χ0n) is 8.27. The molecule has 0 radical (unpaired) electrons. The van der Waals surface area contributed by atoms with Crippen molar-refractivity contribution in [1.82, 2.24) is 9.80 Å². The number of allylic oxidation sites excluding steroid dienone is 2. The Hall–Kier alpha value is -1.18. The molecule has 2 nitrogen and oxygen atoms in total. The van der Waals surface area contributed by atoms with Crippen LogP contribution in [0.5, 0.6) is 0 Å². The first kappa shape index (κ1) is 8.42. The van der Waals surface area contributed by atoms with Gasteiger partial charge in [0.05, 0.1) is 0 Å². The van der Waals surface area contributed by atoms with Crippen LogP contribution in [-0.2, 0) is 0 Å². The molecule has 1 atom stereocenters. The Balaban J connectivity index is 2.12. The molecular weight excluding hydrogens is 160 g/mol. The molecule has 0 aromatic heterocycles. The second-order valence-corrected chi connectivity index (χ2v) is 3.63. The molecule has 0 aliphatic carbocycles. The highest BCUT2D eigenvalue weighted by atomic mass is 15.4. The molecular formula is C11H16N2. The van der Waals surface area contributed by atoms with Crippen molar-refractivity contribution in [2.24, 2.45) is 0 Å². The fraction of sp³-hybridized carbons (Fsp3) is 0.455. The lowest BCUT2D eigenvalue weighted by Gasteiger charge is -2.28. The molecule has 2 rings (SSSR count). The molecule has 2 heterocycles. The number of fused-ring (bicyclic) bond motifs is 1. The van der Waals surface area contributed by atoms with Crippen LogP contribution < -0.4 is 0 Å². The fourth-order valence-corrected chi connectivity index (χ4v) is 1.79. The third kappa shape index (κ3) is 1.48. The molecule has 0 aromatic carbocycles. The summed E-state index contributed by atoms with van der Waals surface area (Å²) in [6.45, 7) is 2.22. The molecule has 2 aliphatic heterocycles. The fourth-order valence-electron chi connectivity index (χ4n) is 1.79. The average Bonchev–Trinajstić information content (AvgIpc) is 2.49. The van der Waals surface area contributed by atoms with Crippen LogP contribution in [0.1, 0.15) is 19.8 Å². The van der Waals surface area contributed by atoms with E-state index in [1.165, 1.54) is 18.4 Å². The van der Waals surface area contributed by atoms with Crippen LogP contribution in [0.15, 0.2) is 36.3 Å². The van der Waals surface area contributed by atoms with E-state index < -0.39 is 0 Å². The van der Waals surface area contributed by atoms with Crippen molar-refractivity contribution in [3.63, 3.8) is 0 Å². The van der Waals surface area contributed by atoms with Crippen molar-refractivity contribution in [2.45, 2.75) is 25.9 Å². The minimum absolute atomic E-state index is 0.423. The van der Waals surface area contributed by atoms with Gasteiger partial charge in [-0.2, -0.15) is 0 Å². The van der Waals surface area contributed by atoms with Crippen LogP contribution in [0.3, 0.4) is 0 Å². The second kappa shape index (κ2) is 3.29. The molecule has 0 spiro atoms. The summed E-state index contributed by atoms with van der Waals surface area (Å²) in [4.78, 5) is 4.44. The Morgan fingerprint density at radius 3 is 2.92 bits per heavy atom. The topological polar surface area (TPSA) is 6.48 Å². The summed E-state index contributed by atoms with van der Waals surface area (Å²) in [6, 6.07) is 0. The molecule has 13 heavy (non-hydrogen) atoms. The van der Waals surface area contributed by atoms with Crippen molar-refractivity contribution in [3.05, 3.63) is 36.3 Å². The van der Waals surface area contributed by atoms with Gasteiger partial charge in [-0.25, -0.2) is 0 Å². The van der Waals surface area contributed by atoms with E-state index in [2.05, 4.69) is 54.5 Å². The van der Waals surface area contributed by atoms with Gasteiger partial charge in [-0.15, -0.1) is 0 Å². The highest BCUT2D eigenvalue weighted by molar-refractivity contribution is 5.28. The molecule has 0 amide bonds. The van der Waals surface area contributed by atoms with E-state index in [9.17, 15) is 0 Å². The first-order valence-electron chi connectivity index (χ1n) is 4.88. The third-order valence-electron chi connectivity index (χ3n) is 2.56. The van der Waals surface area contributed by atoms with E-state index in [1.54, 1.807) is 0 Å². The van der Waals surface area contributed by atoms with Crippen LogP contribution in [0, 0.1) is 0 Å². The number of hydrogen-bond donors (Lipinski definition) is 0. The first-order valence-corrected chi connectivity index (χ1v) is 4.88. The molecule has 1 unspecified atom stereocenters. The van der Waals surface area contributed by atoms with Crippen LogP contribution >= 0.6 is 0 Å². The van der Waals surface area contributed by atoms with Crippen molar-refractivity contribution in [3.8, 4) is 0 Å². The average molecular weight is 176 g/mol. The summed E-state index contributed by atoms with van der Waals surface area (Å²) in [7, 11) is 2.11. The second-order valence-electron chi connectivity index (χ2n) is 3.63. The summed E-state index contributed by atoms with van der Waals surface area (Å²) in [6.07, 6.45) is 13.8. The van der Waals surface area contributed by atoms with Gasteiger partial charge in [-0.3, -0.25) is 0 Å². The van der Waals surface area contributed by atoms with E-state index >= 15 is 0 Å². The van der Waals surface area contributed by atoms with E-state index in [0.717, 1.165) is 0 Å². The lowest BCUT2D eigenvalue weighted by molar-refractivity contribution is 0.274. The zero-order valence-corrected chi connectivity index (χ0v) is 8.27. The summed E-state index contributed by atoms with van der Waals surface area (Å²) in [5.74, 6) is 0. The molecule has 70 valence electrons. The molecule has 0 N–H and O–H groups in total. The number of hydrogen-bond acceptors (Lipinski definition) is 2. The summed E-state index contributed by atoms with van der Waals surface area (Å²) < 4.78 is 0. The highest BCUT2D eigenvalue weighted by Crippen LogP contribution is 2.23. The lowest BCUT2D eigenvalue weighted by atomic mass is 10.1. The summed E-state index contributed by atoms with van der Waals surface area (Å²) in [5, 5.41) is 0. The normalized spacial score (nSPS) is 25.1. The Bertz CT molecular complexity index is 276. The standard InChI is InChI=1S/C11H16N2/c1-3-4-10-5-6-13-8-7-12(2)11(13)9-10/h5-9,11H,3-4H2,1-2H3. The largest absolute Gasteiger partial charge is 0.356 e. The van der Waals surface area contributed by atoms with Gasteiger partial charge in [0.2, 0.25) is 0 Å². The van der Waals surface area contributed by atoms with Gasteiger partial charge in [0.25, 0.3) is 0 Å². The molecule has 0 aromatic rings. The first-order chi connectivity index (χ1) is 6.31. The van der Waals surface area contributed by atoms with E-state index in [0.29, 0.717) is 6.17 Å². The van der Waals surface area contributed by atoms with Gasteiger partial charge < -0.3 is 9.80 Å². The maximum Gasteiger partial charge on any atom is 0.124 e. The van der Waals surface area contributed by atoms with E-state index in [-0.39, 0.29) is 0 Å². The van der Waals surface area contributed by atoms with Crippen molar-refractivity contribution in [2.75, 3.05) is 7.05 Å². The van der Waals surface area contributed by atoms with Gasteiger partial charge in [0.1, 0.15) is 6.17 Å². The van der Waals surface area contributed by atoms with Gasteiger partial charge in [-0.05, 0) is 24.1 Å². The Labute approximate surface area is 79.8 Å². The maximum atomic E-state index is 2.34. The van der Waals surface area contributed by atoms with Crippen LogP contribution in [0.4, 0.5) is 0 Å². The lowest BCUT2D eigenvalue weighted by Crippen LogP contribution is -2.33. The van der Waals surface area contributed by atoms with Gasteiger partial charge >= 0.3 is 0 Å². The smallest absolute Gasteiger partial charge is 0.124 e. The molecule has 0 fully saturated rings. The SMILES string of the molecule is CCCC1=CC2N(C)C=CN2C=C1. The maximum absolute atomic E-state index is 2.34. The molecule has 2 heteroatoms. The third-order valence-corrected chi connectivity index (χ3v) is 2.56. The quantitative estimate of drug-likeness (QED) is 0.637. The highest BCUT2D eigenvalue weighted by Gasteiger charge is 2.21. The van der Waals surface area contributed by atoms with E-state index in [1.807, 2.05) is 0 Å². The van der Waals surface area contributed by atoms with Gasteiger partial charge in [-0.1, -0.05) is 13.3 Å². The number of likely N-dealkylation sites (N-methyl/N-ethyl adjacent to an activating group) is 1. The Morgan fingerprint density at radius 1 is 1.31 bits per heavy atom. The van der Waals surface area contributed by atoms with Crippen LogP contribution in [0.2, 0.25) is 0 Å². The van der Waals surface area contributed by atoms with Crippen molar-refractivity contribution < 1.29 is 0 Å². The minimum Gasteiger partial charge on any atom is -0.356 e. The molecule has 0 saturated carbocycles. The number of rotatable bonds is 2. The summed E-state index contributed by atoms with van der Waals surface area (Å²) >= 11 is 0. The molecule has 0 bridgehead atoms. The zero-order chi connectivity index (χ0) is 9.26. The van der Waals surface area contributed by atoms with Crippen LogP contribution in [-0.4, -0.2) is 23.0 Å². The van der Waals surface area contributed by atoms with Gasteiger partial charge in [0, 0.05) is 25.6 Å². The molecule has 0 saturated heterocycles. The minimum atomic E-state index is 0.423. The van der Waals surface area contributed by atoms with Crippen LogP contribution in [0.25, 0.3) is 0 Å². The Kier molecular flexibility index (Phi) is 2.13. The van der Waals surface area contributed by atoms with Crippen molar-refractivity contribution in [1.29, 1.82) is 0 Å². The van der Waals surface area contributed by atoms with E-state index in [4.69, 9.17) is 0 Å². The predicted molar refractivity (Wildman–Crippen MR) is 54.7 cm³/mol. The van der Waals surface area contributed by atoms with Gasteiger partial charge in [0.15, 0.2) is 0 Å². The number of nitrogens with zero attached hydrogens (tertiary/aromatic N) is 2. The summed E-state index contributed by atoms with van der Waals surface area (Å²) in [5.41, 5.74) is 1.46. The Morgan fingerprint density at radius 2 is 2.15 bits per heavy atom. The predicted octanol–water partition coefficient (Wildman–Crippen LogP) is 2.28. The molecule has 2 aliphatic rings.